The van der Waals surface area contributed by atoms with Crippen LogP contribution in [-0.4, -0.2) is 20.6 Å². The van der Waals surface area contributed by atoms with Gasteiger partial charge in [0.1, 0.15) is 0 Å². The molecular weight excluding hydrogens is 214 g/mol. The molecule has 15 heavy (non-hydrogen) atoms. The molecule has 0 unspecified atom stereocenters. The van der Waals surface area contributed by atoms with Gasteiger partial charge in [-0.1, -0.05) is 26.7 Å². The van der Waals surface area contributed by atoms with E-state index in [1.807, 2.05) is 6.92 Å². The minimum absolute atomic E-state index is 0.299. The van der Waals surface area contributed by atoms with Crippen molar-refractivity contribution >= 4 is 10.3 Å². The lowest BCUT2D eigenvalue weighted by Crippen LogP contribution is -2.51. The van der Waals surface area contributed by atoms with E-state index in [-0.39, 0.29) is 5.54 Å². The van der Waals surface area contributed by atoms with Crippen molar-refractivity contribution in [2.45, 2.75) is 52.0 Å². The molecular formula is C10H21NO3S. The predicted molar refractivity (Wildman–Crippen MR) is 59.7 cm³/mol. The number of rotatable bonds is 4. The maximum atomic E-state index is 11.2. The molecule has 0 saturated carbocycles. The second-order valence-corrected chi connectivity index (χ2v) is 6.32. The van der Waals surface area contributed by atoms with Crippen LogP contribution in [0.3, 0.4) is 0 Å². The Labute approximate surface area is 92.7 Å². The summed E-state index contributed by atoms with van der Waals surface area (Å²) >= 11 is 0. The molecule has 0 aliphatic carbocycles. The summed E-state index contributed by atoms with van der Waals surface area (Å²) in [5, 5.41) is 0. The third-order valence-electron chi connectivity index (χ3n) is 2.77. The van der Waals surface area contributed by atoms with E-state index in [0.717, 1.165) is 25.7 Å². The normalized spacial score (nSPS) is 30.7. The fraction of sp³-hybridized carbons (Fsp3) is 1.00. The summed E-state index contributed by atoms with van der Waals surface area (Å²) in [5.74, 6) is 0.671. The molecule has 1 N–H and O–H groups in total. The minimum Gasteiger partial charge on any atom is -0.258 e. The third-order valence-corrected chi connectivity index (χ3v) is 3.99. The first kappa shape index (κ1) is 12.9. The fourth-order valence-electron chi connectivity index (χ4n) is 1.84. The Kier molecular flexibility index (Phi) is 4.14. The smallest absolute Gasteiger partial charge is 0.258 e. The summed E-state index contributed by atoms with van der Waals surface area (Å²) in [4.78, 5) is 0. The van der Waals surface area contributed by atoms with E-state index in [2.05, 4.69) is 22.8 Å². The zero-order chi connectivity index (χ0) is 11.5. The monoisotopic (exact) mass is 235 g/mol. The lowest BCUT2D eigenvalue weighted by molar-refractivity contribution is 0.198. The Morgan fingerprint density at radius 3 is 2.67 bits per heavy atom. The minimum atomic E-state index is -3.49. The molecule has 1 rings (SSSR count). The van der Waals surface area contributed by atoms with E-state index < -0.39 is 10.3 Å². The number of nitrogens with one attached hydrogen (secondary N) is 1. The lowest BCUT2D eigenvalue weighted by atomic mass is 9.91. The van der Waals surface area contributed by atoms with Crippen LogP contribution in [0.4, 0.5) is 0 Å². The van der Waals surface area contributed by atoms with Crippen LogP contribution in [0.25, 0.3) is 0 Å². The molecule has 0 aromatic heterocycles. The van der Waals surface area contributed by atoms with Gasteiger partial charge in [-0.2, -0.15) is 13.1 Å². The van der Waals surface area contributed by atoms with Gasteiger partial charge in [-0.15, -0.1) is 0 Å². The van der Waals surface area contributed by atoms with Crippen molar-refractivity contribution in [2.75, 3.05) is 6.61 Å². The van der Waals surface area contributed by atoms with E-state index in [9.17, 15) is 8.42 Å². The summed E-state index contributed by atoms with van der Waals surface area (Å²) < 4.78 is 29.7. The van der Waals surface area contributed by atoms with Crippen molar-refractivity contribution in [3.63, 3.8) is 0 Å². The maximum absolute atomic E-state index is 11.2. The van der Waals surface area contributed by atoms with Crippen LogP contribution in [0.15, 0.2) is 0 Å². The second kappa shape index (κ2) is 4.80. The largest absolute Gasteiger partial charge is 0.336 e. The molecule has 1 aliphatic heterocycles. The molecule has 1 fully saturated rings. The lowest BCUT2D eigenvalue weighted by Gasteiger charge is -2.34. The standard InChI is InChI=1S/C10H21NO3S/c1-9(2)5-4-6-10(3)7-8-14-15(12,13)11-10/h9,11H,4-8H2,1-3H3/t10-/m0/s1. The molecule has 1 aliphatic rings. The molecule has 0 aromatic carbocycles. The van der Waals surface area contributed by atoms with Gasteiger partial charge >= 0.3 is 10.3 Å². The summed E-state index contributed by atoms with van der Waals surface area (Å²) in [7, 11) is -3.49. The topological polar surface area (TPSA) is 55.4 Å². The van der Waals surface area contributed by atoms with Crippen LogP contribution in [0, 0.1) is 5.92 Å². The van der Waals surface area contributed by atoms with Gasteiger partial charge in [0, 0.05) is 5.54 Å². The average molecular weight is 235 g/mol. The first-order chi connectivity index (χ1) is 6.83. The highest BCUT2D eigenvalue weighted by molar-refractivity contribution is 7.84. The molecule has 90 valence electrons. The van der Waals surface area contributed by atoms with Crippen molar-refractivity contribution < 1.29 is 12.6 Å². The molecule has 0 spiro atoms. The van der Waals surface area contributed by atoms with Gasteiger partial charge in [0.2, 0.25) is 0 Å². The molecule has 1 saturated heterocycles. The maximum Gasteiger partial charge on any atom is 0.336 e. The van der Waals surface area contributed by atoms with Gasteiger partial charge in [0.15, 0.2) is 0 Å². The van der Waals surface area contributed by atoms with Gasteiger partial charge < -0.3 is 0 Å². The van der Waals surface area contributed by atoms with Gasteiger partial charge in [-0.3, -0.25) is 4.18 Å². The highest BCUT2D eigenvalue weighted by atomic mass is 32.2. The molecule has 4 nitrogen and oxygen atoms in total. The van der Waals surface area contributed by atoms with Crippen LogP contribution in [0.1, 0.15) is 46.5 Å². The van der Waals surface area contributed by atoms with E-state index >= 15 is 0 Å². The Balaban J connectivity index is 2.44. The molecule has 1 heterocycles. The van der Waals surface area contributed by atoms with Gasteiger partial charge in [0.05, 0.1) is 6.61 Å². The molecule has 0 bridgehead atoms. The van der Waals surface area contributed by atoms with E-state index in [1.165, 1.54) is 0 Å². The summed E-state index contributed by atoms with van der Waals surface area (Å²) in [6, 6.07) is 0. The van der Waals surface area contributed by atoms with Crippen molar-refractivity contribution in [3.05, 3.63) is 0 Å². The highest BCUT2D eigenvalue weighted by Gasteiger charge is 2.34. The molecule has 1 atom stereocenters. The average Bonchev–Trinajstić information content (AvgIpc) is 1.99. The zero-order valence-electron chi connectivity index (χ0n) is 9.75. The Morgan fingerprint density at radius 1 is 1.47 bits per heavy atom. The number of hydrogen-bond donors (Lipinski definition) is 1. The zero-order valence-corrected chi connectivity index (χ0v) is 10.6. The van der Waals surface area contributed by atoms with Gasteiger partial charge in [-0.25, -0.2) is 0 Å². The third kappa shape index (κ3) is 4.49. The van der Waals surface area contributed by atoms with Crippen LogP contribution in [0.2, 0.25) is 0 Å². The van der Waals surface area contributed by atoms with Crippen molar-refractivity contribution in [1.82, 2.24) is 4.72 Å². The van der Waals surface area contributed by atoms with Crippen molar-refractivity contribution in [2.24, 2.45) is 5.92 Å². The summed E-state index contributed by atoms with van der Waals surface area (Å²) in [5.41, 5.74) is -0.314. The van der Waals surface area contributed by atoms with Gasteiger partial charge in [0.25, 0.3) is 0 Å². The van der Waals surface area contributed by atoms with Crippen LogP contribution < -0.4 is 4.72 Å². The number of hydrogen-bond acceptors (Lipinski definition) is 3. The Hall–Kier alpha value is -0.130. The fourth-order valence-corrected chi connectivity index (χ4v) is 3.00. The first-order valence-electron chi connectivity index (χ1n) is 5.51. The predicted octanol–water partition coefficient (Wildman–Crippen LogP) is 1.83. The molecule has 0 aromatic rings. The Morgan fingerprint density at radius 2 is 2.13 bits per heavy atom. The van der Waals surface area contributed by atoms with E-state index in [1.54, 1.807) is 0 Å². The van der Waals surface area contributed by atoms with Crippen LogP contribution in [0.5, 0.6) is 0 Å². The van der Waals surface area contributed by atoms with E-state index in [0.29, 0.717) is 12.5 Å². The summed E-state index contributed by atoms with van der Waals surface area (Å²) in [6.45, 7) is 6.61. The second-order valence-electron chi connectivity index (χ2n) is 4.97. The molecule has 0 radical (unpaired) electrons. The summed E-state index contributed by atoms with van der Waals surface area (Å²) in [6.07, 6.45) is 3.83. The van der Waals surface area contributed by atoms with Crippen molar-refractivity contribution in [1.29, 1.82) is 0 Å². The van der Waals surface area contributed by atoms with Crippen LogP contribution in [-0.2, 0) is 14.5 Å². The van der Waals surface area contributed by atoms with Gasteiger partial charge in [-0.05, 0) is 25.7 Å². The van der Waals surface area contributed by atoms with E-state index in [4.69, 9.17) is 0 Å². The molecule has 5 heteroatoms. The Bertz CT molecular complexity index is 300. The first-order valence-corrected chi connectivity index (χ1v) is 6.92. The SMILES string of the molecule is CC(C)CCC[C@@]1(C)CCOS(=O)(=O)N1. The quantitative estimate of drug-likeness (QED) is 0.808. The highest BCUT2D eigenvalue weighted by Crippen LogP contribution is 2.24. The van der Waals surface area contributed by atoms with Crippen LogP contribution >= 0.6 is 0 Å². The van der Waals surface area contributed by atoms with Crippen molar-refractivity contribution in [3.8, 4) is 0 Å². The molecule has 0 amide bonds.